The van der Waals surface area contributed by atoms with Gasteiger partial charge in [-0.05, 0) is 19.3 Å². The molecule has 0 fully saturated rings. The first-order valence-corrected chi connectivity index (χ1v) is 4.27. The molecule has 2 N–H and O–H groups in total. The highest BCUT2D eigenvalue weighted by Gasteiger charge is 2.04. The van der Waals surface area contributed by atoms with E-state index in [0.29, 0.717) is 11.7 Å². The largest absolute Gasteiger partial charge is 0.381 e. The van der Waals surface area contributed by atoms with Crippen molar-refractivity contribution in [1.29, 1.82) is 0 Å². The van der Waals surface area contributed by atoms with E-state index in [-0.39, 0.29) is 0 Å². The van der Waals surface area contributed by atoms with Gasteiger partial charge in [0.2, 0.25) is 0 Å². The number of nitrogens with zero attached hydrogens (tertiary/aromatic N) is 3. The fourth-order valence-corrected chi connectivity index (χ4v) is 0.967. The van der Waals surface area contributed by atoms with Gasteiger partial charge in [-0.15, -0.1) is 5.10 Å². The summed E-state index contributed by atoms with van der Waals surface area (Å²) in [5.74, 6) is 1.23. The topological polar surface area (TPSA) is 56.7 Å². The lowest BCUT2D eigenvalue weighted by atomic mass is 10.1. The predicted molar refractivity (Wildman–Crippen MR) is 48.6 cm³/mol. The Bertz CT molecular complexity index is 252. The molecule has 0 unspecified atom stereocenters. The zero-order chi connectivity index (χ0) is 9.14. The minimum absolute atomic E-state index is 0.541. The van der Waals surface area contributed by atoms with E-state index in [1.54, 1.807) is 0 Å². The zero-order valence-electron chi connectivity index (χ0n) is 7.91. The Morgan fingerprint density at radius 2 is 2.17 bits per heavy atom. The number of nitrogen functional groups attached to an aromatic ring is 1. The number of rotatable bonds is 3. The summed E-state index contributed by atoms with van der Waals surface area (Å²) in [5, 5.41) is 7.71. The highest BCUT2D eigenvalue weighted by molar-refractivity contribution is 5.31. The van der Waals surface area contributed by atoms with Crippen molar-refractivity contribution in [1.82, 2.24) is 15.0 Å². The van der Waals surface area contributed by atoms with Crippen molar-refractivity contribution in [2.45, 2.75) is 33.7 Å². The number of aromatic nitrogens is 3. The van der Waals surface area contributed by atoms with Gasteiger partial charge in [-0.25, -0.2) is 4.68 Å². The second-order valence-corrected chi connectivity index (χ2v) is 3.47. The van der Waals surface area contributed by atoms with Crippen LogP contribution in [-0.4, -0.2) is 15.0 Å². The van der Waals surface area contributed by atoms with Crippen molar-refractivity contribution >= 4 is 5.82 Å². The van der Waals surface area contributed by atoms with Crippen molar-refractivity contribution < 1.29 is 0 Å². The lowest BCUT2D eigenvalue weighted by Crippen LogP contribution is -2.05. The third-order valence-corrected chi connectivity index (χ3v) is 1.94. The third kappa shape index (κ3) is 1.96. The van der Waals surface area contributed by atoms with Crippen LogP contribution >= 0.6 is 0 Å². The van der Waals surface area contributed by atoms with Crippen LogP contribution in [0.3, 0.4) is 0 Å². The Morgan fingerprint density at radius 1 is 1.50 bits per heavy atom. The molecular formula is C8H16N4. The van der Waals surface area contributed by atoms with E-state index < -0.39 is 0 Å². The van der Waals surface area contributed by atoms with Crippen LogP contribution in [-0.2, 0) is 6.54 Å². The van der Waals surface area contributed by atoms with Crippen LogP contribution in [0, 0.1) is 12.8 Å². The van der Waals surface area contributed by atoms with Gasteiger partial charge in [-0.1, -0.05) is 19.1 Å². The summed E-state index contributed by atoms with van der Waals surface area (Å²) in [5.41, 5.74) is 6.52. The molecule has 0 amide bonds. The van der Waals surface area contributed by atoms with E-state index >= 15 is 0 Å². The van der Waals surface area contributed by atoms with Crippen LogP contribution in [0.25, 0.3) is 0 Å². The Balaban J connectivity index is 2.58. The van der Waals surface area contributed by atoms with E-state index in [4.69, 9.17) is 5.73 Å². The maximum atomic E-state index is 5.55. The van der Waals surface area contributed by atoms with Crippen LogP contribution in [0.4, 0.5) is 5.82 Å². The average molecular weight is 168 g/mol. The first kappa shape index (κ1) is 9.03. The maximum absolute atomic E-state index is 5.55. The molecule has 0 radical (unpaired) electrons. The fraction of sp³-hybridized carbons (Fsp3) is 0.750. The second-order valence-electron chi connectivity index (χ2n) is 3.47. The summed E-state index contributed by atoms with van der Waals surface area (Å²) in [6, 6.07) is 0. The van der Waals surface area contributed by atoms with Crippen molar-refractivity contribution in [3.63, 3.8) is 0 Å². The van der Waals surface area contributed by atoms with Crippen molar-refractivity contribution in [2.75, 3.05) is 5.73 Å². The molecule has 1 aromatic heterocycles. The van der Waals surface area contributed by atoms with Crippen LogP contribution in [0.5, 0.6) is 0 Å². The highest BCUT2D eigenvalue weighted by atomic mass is 15.4. The van der Waals surface area contributed by atoms with E-state index in [1.807, 2.05) is 11.6 Å². The summed E-state index contributed by atoms with van der Waals surface area (Å²) < 4.78 is 1.86. The third-order valence-electron chi connectivity index (χ3n) is 1.94. The van der Waals surface area contributed by atoms with Crippen LogP contribution in [0.15, 0.2) is 0 Å². The molecule has 0 aliphatic carbocycles. The molecule has 1 aromatic rings. The summed E-state index contributed by atoms with van der Waals surface area (Å²) in [6.07, 6.45) is 1.11. The van der Waals surface area contributed by atoms with E-state index in [2.05, 4.69) is 24.2 Å². The lowest BCUT2D eigenvalue weighted by molar-refractivity contribution is 0.472. The quantitative estimate of drug-likeness (QED) is 0.738. The minimum atomic E-state index is 0.541. The number of aryl methyl sites for hydroxylation is 1. The van der Waals surface area contributed by atoms with Crippen LogP contribution in [0.1, 0.15) is 26.0 Å². The van der Waals surface area contributed by atoms with Gasteiger partial charge in [0.1, 0.15) is 0 Å². The summed E-state index contributed by atoms with van der Waals surface area (Å²) in [7, 11) is 0. The molecular weight excluding hydrogens is 152 g/mol. The molecule has 0 saturated carbocycles. The van der Waals surface area contributed by atoms with Gasteiger partial charge in [0, 0.05) is 6.54 Å². The normalized spacial score (nSPS) is 11.0. The molecule has 0 aliphatic rings. The molecule has 68 valence electrons. The zero-order valence-corrected chi connectivity index (χ0v) is 7.91. The summed E-state index contributed by atoms with van der Waals surface area (Å²) in [6.45, 7) is 7.23. The molecule has 4 heteroatoms. The molecule has 0 saturated heterocycles. The average Bonchev–Trinajstić information content (AvgIpc) is 2.30. The lowest BCUT2D eigenvalue weighted by Gasteiger charge is -2.04. The highest BCUT2D eigenvalue weighted by Crippen LogP contribution is 2.07. The maximum Gasteiger partial charge on any atom is 0.168 e. The van der Waals surface area contributed by atoms with Gasteiger partial charge >= 0.3 is 0 Å². The first-order chi connectivity index (χ1) is 5.61. The molecule has 0 aliphatic heterocycles. The second kappa shape index (κ2) is 3.56. The smallest absolute Gasteiger partial charge is 0.168 e. The van der Waals surface area contributed by atoms with Gasteiger partial charge in [0.15, 0.2) is 5.82 Å². The van der Waals surface area contributed by atoms with Gasteiger partial charge in [0.05, 0.1) is 5.69 Å². The van der Waals surface area contributed by atoms with Crippen molar-refractivity contribution in [3.8, 4) is 0 Å². The first-order valence-electron chi connectivity index (χ1n) is 4.27. The SMILES string of the molecule is Cc1c(N)nnn1CCC(C)C. The Morgan fingerprint density at radius 3 is 2.58 bits per heavy atom. The monoisotopic (exact) mass is 168 g/mol. The van der Waals surface area contributed by atoms with Crippen molar-refractivity contribution in [3.05, 3.63) is 5.69 Å². The minimum Gasteiger partial charge on any atom is -0.381 e. The fourth-order valence-electron chi connectivity index (χ4n) is 0.967. The summed E-state index contributed by atoms with van der Waals surface area (Å²) >= 11 is 0. The number of anilines is 1. The number of hydrogen-bond donors (Lipinski definition) is 1. The van der Waals surface area contributed by atoms with E-state index in [0.717, 1.165) is 18.7 Å². The van der Waals surface area contributed by atoms with Crippen molar-refractivity contribution in [2.24, 2.45) is 5.92 Å². The Kier molecular flexibility index (Phi) is 2.68. The molecule has 0 spiro atoms. The van der Waals surface area contributed by atoms with Gasteiger partial charge in [-0.3, -0.25) is 0 Å². The molecule has 4 nitrogen and oxygen atoms in total. The van der Waals surface area contributed by atoms with Gasteiger partial charge < -0.3 is 5.73 Å². The molecule has 0 aromatic carbocycles. The molecule has 0 bridgehead atoms. The van der Waals surface area contributed by atoms with E-state index in [1.165, 1.54) is 0 Å². The molecule has 12 heavy (non-hydrogen) atoms. The van der Waals surface area contributed by atoms with Crippen LogP contribution < -0.4 is 5.73 Å². The van der Waals surface area contributed by atoms with Crippen LogP contribution in [0.2, 0.25) is 0 Å². The Hall–Kier alpha value is -1.06. The predicted octanol–water partition coefficient (Wildman–Crippen LogP) is 1.21. The van der Waals surface area contributed by atoms with E-state index in [9.17, 15) is 0 Å². The summed E-state index contributed by atoms with van der Waals surface area (Å²) in [4.78, 5) is 0. The van der Waals surface area contributed by atoms with Gasteiger partial charge in [-0.2, -0.15) is 0 Å². The van der Waals surface area contributed by atoms with Gasteiger partial charge in [0.25, 0.3) is 0 Å². The number of hydrogen-bond acceptors (Lipinski definition) is 3. The molecule has 1 rings (SSSR count). The molecule has 1 heterocycles. The molecule has 0 atom stereocenters. The standard InChI is InChI=1S/C8H16N4/c1-6(2)4-5-12-7(3)8(9)10-11-12/h6H,4-5,9H2,1-3H3. The number of nitrogens with two attached hydrogens (primary N) is 1. The Labute approximate surface area is 72.8 Å².